The third-order valence-electron chi connectivity index (χ3n) is 4.70. The van der Waals surface area contributed by atoms with Crippen molar-refractivity contribution in [3.8, 4) is 27.9 Å². The van der Waals surface area contributed by atoms with Gasteiger partial charge in [0.15, 0.2) is 0 Å². The van der Waals surface area contributed by atoms with Crippen LogP contribution in [0.4, 0.5) is 0 Å². The summed E-state index contributed by atoms with van der Waals surface area (Å²) in [6.07, 6.45) is 4.49. The number of carbonyl (C=O) groups excluding carboxylic acids is 2. The van der Waals surface area contributed by atoms with Gasteiger partial charge in [0.25, 0.3) is 5.91 Å². The molecule has 3 rings (SSSR count). The monoisotopic (exact) mass is 433 g/mol. The molecule has 2 heterocycles. The molecule has 7 nitrogen and oxygen atoms in total. The van der Waals surface area contributed by atoms with E-state index in [1.54, 1.807) is 35.9 Å². The minimum absolute atomic E-state index is 0.0195. The van der Waals surface area contributed by atoms with Crippen LogP contribution in [0.15, 0.2) is 54.2 Å². The van der Waals surface area contributed by atoms with Gasteiger partial charge >= 0.3 is 0 Å². The van der Waals surface area contributed by atoms with Gasteiger partial charge in [0.1, 0.15) is 11.6 Å². The van der Waals surface area contributed by atoms with Gasteiger partial charge in [-0.1, -0.05) is 19.1 Å². The lowest BCUT2D eigenvalue weighted by atomic mass is 10.0. The van der Waals surface area contributed by atoms with Gasteiger partial charge in [-0.05, 0) is 36.6 Å². The number of thiazole rings is 1. The Bertz CT molecular complexity index is 1060. The summed E-state index contributed by atoms with van der Waals surface area (Å²) in [5.41, 5.74) is 3.36. The fraction of sp³-hybridized carbons (Fsp3) is 0.261. The SMILES string of the molecule is CC(CCC(=O)NCC#N)CNC(=O)c1ccc(-c2csc(-c3cccnc3)n2)cc1. The van der Waals surface area contributed by atoms with Crippen molar-refractivity contribution < 1.29 is 9.59 Å². The maximum atomic E-state index is 12.4. The Morgan fingerprint density at radius 1 is 1.16 bits per heavy atom. The molecule has 0 aliphatic rings. The Balaban J connectivity index is 1.51. The molecule has 1 atom stereocenters. The molecule has 0 spiro atoms. The number of rotatable bonds is 9. The molecule has 158 valence electrons. The summed E-state index contributed by atoms with van der Waals surface area (Å²) in [6.45, 7) is 2.47. The van der Waals surface area contributed by atoms with Crippen molar-refractivity contribution in [1.82, 2.24) is 20.6 Å². The highest BCUT2D eigenvalue weighted by Gasteiger charge is 2.11. The molecule has 0 aliphatic carbocycles. The first-order chi connectivity index (χ1) is 15.1. The van der Waals surface area contributed by atoms with Crippen LogP contribution in [0.5, 0.6) is 0 Å². The Hall–Kier alpha value is -3.57. The van der Waals surface area contributed by atoms with Crippen LogP contribution >= 0.6 is 11.3 Å². The lowest BCUT2D eigenvalue weighted by molar-refractivity contribution is -0.121. The van der Waals surface area contributed by atoms with Gasteiger partial charge in [0.05, 0.1) is 11.8 Å². The number of nitrogens with zero attached hydrogens (tertiary/aromatic N) is 3. The van der Waals surface area contributed by atoms with Crippen molar-refractivity contribution in [2.24, 2.45) is 5.92 Å². The number of pyridine rings is 1. The van der Waals surface area contributed by atoms with E-state index in [1.165, 1.54) is 0 Å². The van der Waals surface area contributed by atoms with E-state index in [1.807, 2.05) is 42.6 Å². The standard InChI is InChI=1S/C23H23N5O2S/c1-16(4-9-21(29)26-12-10-24)13-27-22(30)18-7-5-17(6-8-18)20-15-31-23(28-20)19-3-2-11-25-14-19/h2-3,5-8,11,14-16H,4,9,12-13H2,1H3,(H,26,29)(H,27,30). The first kappa shape index (κ1) is 22.1. The third kappa shape index (κ3) is 6.46. The second kappa shape index (κ2) is 11.0. The first-order valence-corrected chi connectivity index (χ1v) is 10.8. The number of nitriles is 1. The molecule has 0 radical (unpaired) electrons. The Morgan fingerprint density at radius 2 is 1.97 bits per heavy atom. The van der Waals surface area contributed by atoms with Crippen molar-refractivity contribution in [2.75, 3.05) is 13.1 Å². The van der Waals surface area contributed by atoms with Gasteiger partial charge in [0, 0.05) is 47.4 Å². The molecule has 0 bridgehead atoms. The van der Waals surface area contributed by atoms with Crippen LogP contribution in [-0.4, -0.2) is 34.9 Å². The summed E-state index contributed by atoms with van der Waals surface area (Å²) in [4.78, 5) is 32.8. The van der Waals surface area contributed by atoms with Gasteiger partial charge in [-0.15, -0.1) is 11.3 Å². The molecule has 2 amide bonds. The van der Waals surface area contributed by atoms with E-state index < -0.39 is 0 Å². The second-order valence-corrected chi connectivity index (χ2v) is 8.00. The zero-order valence-electron chi connectivity index (χ0n) is 17.2. The molecule has 1 unspecified atom stereocenters. The first-order valence-electron chi connectivity index (χ1n) is 9.95. The lowest BCUT2D eigenvalue weighted by Crippen LogP contribution is -2.29. The molecule has 0 saturated heterocycles. The maximum Gasteiger partial charge on any atom is 0.251 e. The topological polar surface area (TPSA) is 108 Å². The van der Waals surface area contributed by atoms with Crippen LogP contribution in [0.2, 0.25) is 0 Å². The van der Waals surface area contributed by atoms with Gasteiger partial charge in [-0.2, -0.15) is 5.26 Å². The van der Waals surface area contributed by atoms with Gasteiger partial charge in [-0.3, -0.25) is 14.6 Å². The summed E-state index contributed by atoms with van der Waals surface area (Å²) in [5.74, 6) is -0.150. The molecular weight excluding hydrogens is 410 g/mol. The minimum Gasteiger partial charge on any atom is -0.352 e. The molecule has 0 saturated carbocycles. The molecule has 3 aromatic rings. The van der Waals surface area contributed by atoms with Gasteiger partial charge < -0.3 is 10.6 Å². The number of benzene rings is 1. The summed E-state index contributed by atoms with van der Waals surface area (Å²) < 4.78 is 0. The fourth-order valence-electron chi connectivity index (χ4n) is 2.90. The summed E-state index contributed by atoms with van der Waals surface area (Å²) >= 11 is 1.56. The van der Waals surface area contributed by atoms with E-state index >= 15 is 0 Å². The minimum atomic E-state index is -0.151. The number of nitrogens with one attached hydrogen (secondary N) is 2. The maximum absolute atomic E-state index is 12.4. The number of aromatic nitrogens is 2. The van der Waals surface area contributed by atoms with Gasteiger partial charge in [-0.25, -0.2) is 4.98 Å². The molecule has 2 N–H and O–H groups in total. The van der Waals surface area contributed by atoms with Crippen molar-refractivity contribution >= 4 is 23.2 Å². The molecule has 2 aromatic heterocycles. The largest absolute Gasteiger partial charge is 0.352 e. The van der Waals surface area contributed by atoms with E-state index in [0.717, 1.165) is 21.8 Å². The predicted molar refractivity (Wildman–Crippen MR) is 120 cm³/mol. The molecule has 0 fully saturated rings. The van der Waals surface area contributed by atoms with Crippen molar-refractivity contribution in [3.63, 3.8) is 0 Å². The van der Waals surface area contributed by atoms with Crippen LogP contribution in [-0.2, 0) is 4.79 Å². The normalized spacial score (nSPS) is 11.4. The highest BCUT2D eigenvalue weighted by molar-refractivity contribution is 7.13. The van der Waals surface area contributed by atoms with E-state index in [9.17, 15) is 9.59 Å². The van der Waals surface area contributed by atoms with E-state index in [4.69, 9.17) is 5.26 Å². The quantitative estimate of drug-likeness (QED) is 0.501. The zero-order valence-corrected chi connectivity index (χ0v) is 18.0. The number of hydrogen-bond donors (Lipinski definition) is 2. The van der Waals surface area contributed by atoms with Crippen LogP contribution in [0.1, 0.15) is 30.1 Å². The number of amides is 2. The van der Waals surface area contributed by atoms with E-state index in [-0.39, 0.29) is 24.3 Å². The predicted octanol–water partition coefficient (Wildman–Crippen LogP) is 3.66. The lowest BCUT2D eigenvalue weighted by Gasteiger charge is -2.12. The molecule has 8 heteroatoms. The van der Waals surface area contributed by atoms with E-state index in [2.05, 4.69) is 20.6 Å². The Labute approximate surface area is 185 Å². The fourth-order valence-corrected chi connectivity index (χ4v) is 3.72. The Morgan fingerprint density at radius 3 is 2.68 bits per heavy atom. The van der Waals surface area contributed by atoms with Crippen molar-refractivity contribution in [3.05, 3.63) is 59.7 Å². The second-order valence-electron chi connectivity index (χ2n) is 7.15. The van der Waals surface area contributed by atoms with Gasteiger partial charge in [0.2, 0.25) is 5.91 Å². The highest BCUT2D eigenvalue weighted by Crippen LogP contribution is 2.28. The van der Waals surface area contributed by atoms with Crippen LogP contribution in [0.3, 0.4) is 0 Å². The number of hydrogen-bond acceptors (Lipinski definition) is 6. The molecular formula is C23H23N5O2S. The summed E-state index contributed by atoms with van der Waals surface area (Å²) in [7, 11) is 0. The molecule has 31 heavy (non-hydrogen) atoms. The van der Waals surface area contributed by atoms with Crippen molar-refractivity contribution in [2.45, 2.75) is 19.8 Å². The average Bonchev–Trinajstić information content (AvgIpc) is 3.31. The van der Waals surface area contributed by atoms with Crippen LogP contribution in [0, 0.1) is 17.2 Å². The van der Waals surface area contributed by atoms with Crippen LogP contribution in [0.25, 0.3) is 21.8 Å². The average molecular weight is 434 g/mol. The molecule has 1 aromatic carbocycles. The third-order valence-corrected chi connectivity index (χ3v) is 5.59. The number of carbonyl (C=O) groups is 2. The smallest absolute Gasteiger partial charge is 0.251 e. The zero-order chi connectivity index (χ0) is 22.1. The highest BCUT2D eigenvalue weighted by atomic mass is 32.1. The summed E-state index contributed by atoms with van der Waals surface area (Å²) in [5, 5.41) is 16.8. The summed E-state index contributed by atoms with van der Waals surface area (Å²) in [6, 6.07) is 13.1. The van der Waals surface area contributed by atoms with Crippen molar-refractivity contribution in [1.29, 1.82) is 5.26 Å². The molecule has 0 aliphatic heterocycles. The van der Waals surface area contributed by atoms with E-state index in [0.29, 0.717) is 24.9 Å². The van der Waals surface area contributed by atoms with Crippen LogP contribution < -0.4 is 10.6 Å². The Kier molecular flexibility index (Phi) is 7.85.